The van der Waals surface area contributed by atoms with Crippen molar-refractivity contribution in [2.24, 2.45) is 5.92 Å². The Labute approximate surface area is 169 Å². The van der Waals surface area contributed by atoms with Crippen LogP contribution in [-0.4, -0.2) is 38.8 Å². The van der Waals surface area contributed by atoms with Gasteiger partial charge >= 0.3 is 0 Å². The van der Waals surface area contributed by atoms with Gasteiger partial charge in [-0.3, -0.25) is 4.79 Å². The second-order valence-corrected chi connectivity index (χ2v) is 8.28. The number of halogens is 1. The Morgan fingerprint density at radius 1 is 1.19 bits per heavy atom. The fourth-order valence-corrected chi connectivity index (χ4v) is 4.31. The van der Waals surface area contributed by atoms with E-state index >= 15 is 0 Å². The van der Waals surface area contributed by atoms with Gasteiger partial charge in [-0.1, -0.05) is 32.8 Å². The fraction of sp³-hybridized carbons (Fsp3) is 0.667. The molecule has 1 saturated carbocycles. The van der Waals surface area contributed by atoms with Crippen molar-refractivity contribution >= 4 is 18.3 Å². The topological polar surface area (TPSA) is 59.6 Å². The van der Waals surface area contributed by atoms with E-state index in [0.717, 1.165) is 12.0 Å². The fourth-order valence-electron chi connectivity index (χ4n) is 4.31. The van der Waals surface area contributed by atoms with Crippen molar-refractivity contribution in [3.63, 3.8) is 0 Å². The van der Waals surface area contributed by atoms with Gasteiger partial charge < -0.3 is 20.1 Å². The number of nitrogens with one attached hydrogen (secondary N) is 2. The standard InChI is InChI=1S/C21H32N2O3.ClH/c1-21(2,15-9-10-18(25-3)19(12-15)26-4)13-22-20(24)17-11-14-7-5-6-8-16(14)23-17;/h9-10,12,14,16-17,23H,5-8,11,13H2,1-4H3,(H,22,24);1H. The Morgan fingerprint density at radius 2 is 1.89 bits per heavy atom. The van der Waals surface area contributed by atoms with Gasteiger partial charge in [0, 0.05) is 18.0 Å². The summed E-state index contributed by atoms with van der Waals surface area (Å²) in [4.78, 5) is 12.7. The number of rotatable bonds is 6. The molecule has 0 spiro atoms. The largest absolute Gasteiger partial charge is 0.493 e. The molecule has 0 aromatic heterocycles. The van der Waals surface area contributed by atoms with Crippen LogP contribution in [0.2, 0.25) is 0 Å². The minimum atomic E-state index is -0.194. The van der Waals surface area contributed by atoms with Gasteiger partial charge in [0.25, 0.3) is 0 Å². The monoisotopic (exact) mass is 396 g/mol. The maximum Gasteiger partial charge on any atom is 0.237 e. The molecule has 2 aliphatic rings. The number of hydrogen-bond acceptors (Lipinski definition) is 4. The highest BCUT2D eigenvalue weighted by atomic mass is 35.5. The molecule has 3 atom stereocenters. The summed E-state index contributed by atoms with van der Waals surface area (Å²) in [5.74, 6) is 2.24. The summed E-state index contributed by atoms with van der Waals surface area (Å²) in [7, 11) is 3.27. The quantitative estimate of drug-likeness (QED) is 0.773. The highest BCUT2D eigenvalue weighted by molar-refractivity contribution is 5.85. The lowest BCUT2D eigenvalue weighted by Gasteiger charge is -2.27. The van der Waals surface area contributed by atoms with Crippen LogP contribution in [0.1, 0.15) is 51.5 Å². The number of benzene rings is 1. The zero-order chi connectivity index (χ0) is 18.7. The number of carbonyl (C=O) groups excluding carboxylic acids is 1. The number of methoxy groups -OCH3 is 2. The van der Waals surface area contributed by atoms with Gasteiger partial charge in [0.1, 0.15) is 0 Å². The molecule has 5 nitrogen and oxygen atoms in total. The van der Waals surface area contributed by atoms with Crippen molar-refractivity contribution in [3.8, 4) is 11.5 Å². The molecule has 0 bridgehead atoms. The first-order chi connectivity index (χ1) is 12.4. The molecule has 6 heteroatoms. The average molecular weight is 397 g/mol. The van der Waals surface area contributed by atoms with Gasteiger partial charge in [-0.25, -0.2) is 0 Å². The predicted molar refractivity (Wildman–Crippen MR) is 110 cm³/mol. The first-order valence-electron chi connectivity index (χ1n) is 9.71. The normalized spacial score (nSPS) is 24.5. The second kappa shape index (κ2) is 9.16. The van der Waals surface area contributed by atoms with Crippen molar-refractivity contribution in [1.82, 2.24) is 10.6 Å². The summed E-state index contributed by atoms with van der Waals surface area (Å²) < 4.78 is 10.7. The summed E-state index contributed by atoms with van der Waals surface area (Å²) >= 11 is 0. The maximum absolute atomic E-state index is 12.7. The molecule has 1 aliphatic carbocycles. The zero-order valence-electron chi connectivity index (χ0n) is 16.8. The van der Waals surface area contributed by atoms with Gasteiger partial charge in [-0.2, -0.15) is 0 Å². The summed E-state index contributed by atoms with van der Waals surface area (Å²) in [6, 6.07) is 6.45. The summed E-state index contributed by atoms with van der Waals surface area (Å²) in [5.41, 5.74) is 0.920. The lowest BCUT2D eigenvalue weighted by Crippen LogP contribution is -2.46. The Morgan fingerprint density at radius 3 is 2.56 bits per heavy atom. The number of fused-ring (bicyclic) bond motifs is 1. The van der Waals surface area contributed by atoms with Crippen LogP contribution in [0.5, 0.6) is 11.5 Å². The molecule has 1 amide bonds. The molecule has 2 N–H and O–H groups in total. The van der Waals surface area contributed by atoms with Crippen molar-refractivity contribution in [2.75, 3.05) is 20.8 Å². The summed E-state index contributed by atoms with van der Waals surface area (Å²) in [5, 5.41) is 6.72. The van der Waals surface area contributed by atoms with Crippen LogP contribution in [0.3, 0.4) is 0 Å². The van der Waals surface area contributed by atoms with Crippen LogP contribution >= 0.6 is 12.4 Å². The Bertz CT molecular complexity index is 636. The van der Waals surface area contributed by atoms with Crippen LogP contribution in [0.15, 0.2) is 18.2 Å². The third-order valence-corrected chi connectivity index (χ3v) is 6.05. The number of ether oxygens (including phenoxy) is 2. The molecule has 1 aromatic carbocycles. The minimum absolute atomic E-state index is 0. The van der Waals surface area contributed by atoms with E-state index in [1.54, 1.807) is 14.2 Å². The van der Waals surface area contributed by atoms with E-state index in [-0.39, 0.29) is 29.8 Å². The Hall–Kier alpha value is -1.46. The van der Waals surface area contributed by atoms with Crippen LogP contribution in [0.4, 0.5) is 0 Å². The van der Waals surface area contributed by atoms with E-state index in [4.69, 9.17) is 9.47 Å². The molecular formula is C21H33ClN2O3. The lowest BCUT2D eigenvalue weighted by atomic mass is 9.84. The molecule has 0 radical (unpaired) electrons. The number of amides is 1. The molecule has 1 aromatic rings. The third kappa shape index (κ3) is 4.88. The minimum Gasteiger partial charge on any atom is -0.493 e. The van der Waals surface area contributed by atoms with E-state index in [9.17, 15) is 4.79 Å². The Balaban J connectivity index is 0.00000261. The molecule has 3 unspecified atom stereocenters. The molecular weight excluding hydrogens is 364 g/mol. The highest BCUT2D eigenvalue weighted by Crippen LogP contribution is 2.34. The van der Waals surface area contributed by atoms with E-state index in [2.05, 4.69) is 24.5 Å². The predicted octanol–water partition coefficient (Wildman–Crippen LogP) is 3.44. The van der Waals surface area contributed by atoms with Gasteiger partial charge in [0.2, 0.25) is 5.91 Å². The van der Waals surface area contributed by atoms with Crippen molar-refractivity contribution in [2.45, 2.75) is 63.5 Å². The SMILES string of the molecule is COc1ccc(C(C)(C)CNC(=O)C2CC3CCCCC3N2)cc1OC.Cl. The van der Waals surface area contributed by atoms with E-state index < -0.39 is 0 Å². The van der Waals surface area contributed by atoms with Gasteiger partial charge in [-0.05, 0) is 42.9 Å². The maximum atomic E-state index is 12.7. The molecule has 1 aliphatic heterocycles. The van der Waals surface area contributed by atoms with E-state index in [1.165, 1.54) is 25.7 Å². The smallest absolute Gasteiger partial charge is 0.237 e. The summed E-state index contributed by atoms with van der Waals surface area (Å²) in [6.45, 7) is 4.86. The second-order valence-electron chi connectivity index (χ2n) is 8.28. The van der Waals surface area contributed by atoms with E-state index in [1.807, 2.05) is 18.2 Å². The van der Waals surface area contributed by atoms with Gasteiger partial charge in [0.05, 0.1) is 20.3 Å². The molecule has 2 fully saturated rings. The molecule has 1 saturated heterocycles. The molecule has 1 heterocycles. The summed E-state index contributed by atoms with van der Waals surface area (Å²) in [6.07, 6.45) is 6.05. The van der Waals surface area contributed by atoms with E-state index in [0.29, 0.717) is 30.0 Å². The first-order valence-corrected chi connectivity index (χ1v) is 9.71. The molecule has 152 valence electrons. The van der Waals surface area contributed by atoms with Crippen LogP contribution in [0, 0.1) is 5.92 Å². The van der Waals surface area contributed by atoms with Crippen molar-refractivity contribution in [3.05, 3.63) is 23.8 Å². The molecule has 27 heavy (non-hydrogen) atoms. The number of hydrogen-bond donors (Lipinski definition) is 2. The lowest BCUT2D eigenvalue weighted by molar-refractivity contribution is -0.123. The highest BCUT2D eigenvalue weighted by Gasteiger charge is 2.38. The van der Waals surface area contributed by atoms with Crippen LogP contribution in [0.25, 0.3) is 0 Å². The average Bonchev–Trinajstić information content (AvgIpc) is 3.09. The first kappa shape index (κ1) is 21.8. The van der Waals surface area contributed by atoms with Crippen molar-refractivity contribution < 1.29 is 14.3 Å². The van der Waals surface area contributed by atoms with Gasteiger partial charge in [0.15, 0.2) is 11.5 Å². The zero-order valence-corrected chi connectivity index (χ0v) is 17.7. The van der Waals surface area contributed by atoms with Gasteiger partial charge in [-0.15, -0.1) is 12.4 Å². The third-order valence-electron chi connectivity index (χ3n) is 6.05. The van der Waals surface area contributed by atoms with Crippen LogP contribution < -0.4 is 20.1 Å². The van der Waals surface area contributed by atoms with Crippen LogP contribution in [-0.2, 0) is 10.2 Å². The number of carbonyl (C=O) groups is 1. The Kier molecular flexibility index (Phi) is 7.40. The molecule has 3 rings (SSSR count). The van der Waals surface area contributed by atoms with Crippen molar-refractivity contribution in [1.29, 1.82) is 0 Å².